The van der Waals surface area contributed by atoms with E-state index in [4.69, 9.17) is 23.8 Å². The number of aryl methyl sites for hydroxylation is 2. The van der Waals surface area contributed by atoms with Crippen LogP contribution in [0, 0.1) is 13.8 Å². The molecule has 0 saturated heterocycles. The summed E-state index contributed by atoms with van der Waals surface area (Å²) in [6, 6.07) is 13.1. The quantitative estimate of drug-likeness (QED) is 0.686. The van der Waals surface area contributed by atoms with Crippen molar-refractivity contribution in [3.05, 3.63) is 75.4 Å². The third-order valence-electron chi connectivity index (χ3n) is 4.46. The van der Waals surface area contributed by atoms with E-state index in [0.717, 1.165) is 22.4 Å². The molecule has 1 aliphatic heterocycles. The van der Waals surface area contributed by atoms with E-state index in [2.05, 4.69) is 16.0 Å². The highest BCUT2D eigenvalue weighted by molar-refractivity contribution is 7.80. The first-order chi connectivity index (χ1) is 12.4. The van der Waals surface area contributed by atoms with Crippen molar-refractivity contribution in [1.29, 1.82) is 0 Å². The van der Waals surface area contributed by atoms with E-state index >= 15 is 0 Å². The van der Waals surface area contributed by atoms with Gasteiger partial charge in [-0.05, 0) is 61.8 Å². The van der Waals surface area contributed by atoms with Gasteiger partial charge in [0.25, 0.3) is 5.91 Å². The van der Waals surface area contributed by atoms with Gasteiger partial charge in [0, 0.05) is 16.4 Å². The molecular weight excluding hydrogens is 366 g/mol. The maximum atomic E-state index is 13.1. The largest absolute Gasteiger partial charge is 0.351 e. The molecule has 1 aliphatic rings. The fourth-order valence-electron chi connectivity index (χ4n) is 3.06. The predicted octanol–water partition coefficient (Wildman–Crippen LogP) is 4.39. The molecule has 4 nitrogen and oxygen atoms in total. The van der Waals surface area contributed by atoms with Gasteiger partial charge >= 0.3 is 0 Å². The van der Waals surface area contributed by atoms with Gasteiger partial charge in [0.05, 0.1) is 11.6 Å². The highest BCUT2D eigenvalue weighted by Gasteiger charge is 2.30. The molecule has 0 aromatic heterocycles. The molecule has 0 fully saturated rings. The van der Waals surface area contributed by atoms with Crippen LogP contribution in [0.5, 0.6) is 0 Å². The van der Waals surface area contributed by atoms with E-state index in [-0.39, 0.29) is 11.9 Å². The lowest BCUT2D eigenvalue weighted by molar-refractivity contribution is -0.113. The Morgan fingerprint density at radius 3 is 2.58 bits per heavy atom. The summed E-state index contributed by atoms with van der Waals surface area (Å²) in [5.74, 6) is -0.191. The summed E-state index contributed by atoms with van der Waals surface area (Å²) >= 11 is 11.4. The maximum Gasteiger partial charge on any atom is 0.255 e. The second kappa shape index (κ2) is 7.48. The van der Waals surface area contributed by atoms with Crippen LogP contribution < -0.4 is 16.0 Å². The first kappa shape index (κ1) is 18.4. The summed E-state index contributed by atoms with van der Waals surface area (Å²) in [4.78, 5) is 13.1. The SMILES string of the molecule is CC1=C(C(=O)Nc2cc(Cl)ccc2C)[C@H](c2ccccc2C)NC(=S)N1. The number of allylic oxidation sites excluding steroid dienone is 1. The molecule has 1 amide bonds. The Hall–Kier alpha value is -2.37. The van der Waals surface area contributed by atoms with Gasteiger partial charge in [-0.1, -0.05) is 41.9 Å². The van der Waals surface area contributed by atoms with Crippen molar-refractivity contribution in [1.82, 2.24) is 10.6 Å². The molecule has 0 radical (unpaired) electrons. The molecule has 0 spiro atoms. The van der Waals surface area contributed by atoms with Gasteiger partial charge < -0.3 is 16.0 Å². The minimum atomic E-state index is -0.315. The number of thiocarbonyl (C=S) groups is 1. The van der Waals surface area contributed by atoms with Crippen LogP contribution in [-0.4, -0.2) is 11.0 Å². The monoisotopic (exact) mass is 385 g/mol. The number of anilines is 1. The second-order valence-corrected chi connectivity index (χ2v) is 7.18. The zero-order valence-electron chi connectivity index (χ0n) is 14.8. The number of halogens is 1. The van der Waals surface area contributed by atoms with Crippen LogP contribution in [0.15, 0.2) is 53.7 Å². The highest BCUT2D eigenvalue weighted by atomic mass is 35.5. The van der Waals surface area contributed by atoms with E-state index in [0.29, 0.717) is 21.4 Å². The minimum Gasteiger partial charge on any atom is -0.351 e. The standard InChI is InChI=1S/C20H20ClN3OS/c1-11-6-4-5-7-15(11)18-17(13(3)22-20(26)24-18)19(25)23-16-10-14(21)9-8-12(16)2/h4-10,18H,1-3H3,(H,23,25)(H2,22,24,26)/t18-/m0/s1. The number of benzene rings is 2. The third-order valence-corrected chi connectivity index (χ3v) is 4.92. The molecule has 0 unspecified atom stereocenters. The van der Waals surface area contributed by atoms with Crippen LogP contribution >= 0.6 is 23.8 Å². The molecule has 6 heteroatoms. The first-order valence-corrected chi connectivity index (χ1v) is 9.06. The predicted molar refractivity (Wildman–Crippen MR) is 110 cm³/mol. The first-order valence-electron chi connectivity index (χ1n) is 8.28. The van der Waals surface area contributed by atoms with Gasteiger partial charge in [-0.2, -0.15) is 0 Å². The summed E-state index contributed by atoms with van der Waals surface area (Å²) in [5.41, 5.74) is 5.09. The van der Waals surface area contributed by atoms with Gasteiger partial charge in [-0.3, -0.25) is 4.79 Å². The van der Waals surface area contributed by atoms with Gasteiger partial charge in [-0.15, -0.1) is 0 Å². The topological polar surface area (TPSA) is 53.2 Å². The van der Waals surface area contributed by atoms with Crippen molar-refractivity contribution in [3.8, 4) is 0 Å². The maximum absolute atomic E-state index is 13.1. The molecule has 1 heterocycles. The number of hydrogen-bond acceptors (Lipinski definition) is 2. The van der Waals surface area contributed by atoms with Gasteiger partial charge in [0.2, 0.25) is 0 Å². The Bertz CT molecular complexity index is 923. The van der Waals surface area contributed by atoms with Crippen molar-refractivity contribution in [2.45, 2.75) is 26.8 Å². The number of rotatable bonds is 3. The van der Waals surface area contributed by atoms with Gasteiger partial charge in [0.15, 0.2) is 5.11 Å². The average molecular weight is 386 g/mol. The zero-order chi connectivity index (χ0) is 18.8. The third kappa shape index (κ3) is 3.74. The Labute approximate surface area is 163 Å². The Morgan fingerprint density at radius 1 is 1.12 bits per heavy atom. The molecule has 26 heavy (non-hydrogen) atoms. The molecule has 2 aromatic rings. The number of nitrogens with one attached hydrogen (secondary N) is 3. The number of carbonyl (C=O) groups excluding carboxylic acids is 1. The van der Waals surface area contributed by atoms with E-state index in [1.807, 2.05) is 51.1 Å². The molecular formula is C20H20ClN3OS. The fourth-order valence-corrected chi connectivity index (χ4v) is 3.50. The van der Waals surface area contributed by atoms with Crippen molar-refractivity contribution in [2.24, 2.45) is 0 Å². The molecule has 0 aliphatic carbocycles. The molecule has 2 aromatic carbocycles. The summed E-state index contributed by atoms with van der Waals surface area (Å²) in [6.45, 7) is 5.81. The van der Waals surface area contributed by atoms with Crippen molar-refractivity contribution < 1.29 is 4.79 Å². The van der Waals surface area contributed by atoms with E-state index in [1.54, 1.807) is 12.1 Å². The second-order valence-electron chi connectivity index (χ2n) is 6.34. The average Bonchev–Trinajstić information content (AvgIpc) is 2.57. The van der Waals surface area contributed by atoms with Crippen molar-refractivity contribution >= 4 is 40.5 Å². The van der Waals surface area contributed by atoms with Crippen LogP contribution in [0.1, 0.15) is 29.7 Å². The van der Waals surface area contributed by atoms with Crippen molar-refractivity contribution in [3.63, 3.8) is 0 Å². The Morgan fingerprint density at radius 2 is 1.85 bits per heavy atom. The molecule has 3 rings (SSSR count). The molecule has 0 saturated carbocycles. The van der Waals surface area contributed by atoms with E-state index < -0.39 is 0 Å². The van der Waals surface area contributed by atoms with Crippen LogP contribution in [0.25, 0.3) is 0 Å². The van der Waals surface area contributed by atoms with Crippen LogP contribution in [-0.2, 0) is 4.79 Å². The summed E-state index contributed by atoms with van der Waals surface area (Å²) in [7, 11) is 0. The Balaban J connectivity index is 2.00. The van der Waals surface area contributed by atoms with Crippen molar-refractivity contribution in [2.75, 3.05) is 5.32 Å². The summed E-state index contributed by atoms with van der Waals surface area (Å²) in [6.07, 6.45) is 0. The Kier molecular flexibility index (Phi) is 5.30. The van der Waals surface area contributed by atoms with Crippen LogP contribution in [0.3, 0.4) is 0 Å². The number of amides is 1. The lowest BCUT2D eigenvalue weighted by Gasteiger charge is -2.31. The normalized spacial score (nSPS) is 16.8. The van der Waals surface area contributed by atoms with Gasteiger partial charge in [-0.25, -0.2) is 0 Å². The van der Waals surface area contributed by atoms with E-state index in [9.17, 15) is 4.79 Å². The molecule has 3 N–H and O–H groups in total. The molecule has 0 bridgehead atoms. The smallest absolute Gasteiger partial charge is 0.255 e. The fraction of sp³-hybridized carbons (Fsp3) is 0.200. The van der Waals surface area contributed by atoms with Crippen LogP contribution in [0.4, 0.5) is 5.69 Å². The highest BCUT2D eigenvalue weighted by Crippen LogP contribution is 2.30. The molecule has 134 valence electrons. The minimum absolute atomic E-state index is 0.191. The summed E-state index contributed by atoms with van der Waals surface area (Å²) in [5, 5.41) is 10.3. The number of carbonyl (C=O) groups is 1. The lowest BCUT2D eigenvalue weighted by atomic mass is 9.92. The van der Waals surface area contributed by atoms with Gasteiger partial charge in [0.1, 0.15) is 0 Å². The lowest BCUT2D eigenvalue weighted by Crippen LogP contribution is -2.46. The summed E-state index contributed by atoms with van der Waals surface area (Å²) < 4.78 is 0. The van der Waals surface area contributed by atoms with Crippen LogP contribution in [0.2, 0.25) is 5.02 Å². The number of hydrogen-bond donors (Lipinski definition) is 3. The molecule has 1 atom stereocenters. The van der Waals surface area contributed by atoms with E-state index in [1.165, 1.54) is 0 Å². The zero-order valence-corrected chi connectivity index (χ0v) is 16.4.